The summed E-state index contributed by atoms with van der Waals surface area (Å²) in [6.07, 6.45) is 1.99. The van der Waals surface area contributed by atoms with E-state index in [1.807, 2.05) is 22.9 Å². The van der Waals surface area contributed by atoms with E-state index in [1.54, 1.807) is 0 Å². The largest absolute Gasteiger partial charge is 0.351 e. The fourth-order valence-corrected chi connectivity index (χ4v) is 3.62. The minimum absolute atomic E-state index is 0.133. The van der Waals surface area contributed by atoms with Gasteiger partial charge in [-0.15, -0.1) is 0 Å². The van der Waals surface area contributed by atoms with Crippen molar-refractivity contribution in [1.29, 1.82) is 0 Å². The standard InChI is InChI=1S/C16H19N3O/c1-18-8-12-13(9-18)16(12)17-15(20)10-19-7-6-11-4-2-3-5-14(11)19/h2-7,12-13,16H,8-10H2,1H3,(H,17,20)/t12-,13-/m1/s1. The Kier molecular flexibility index (Phi) is 2.60. The van der Waals surface area contributed by atoms with Crippen LogP contribution in [0.5, 0.6) is 0 Å². The first-order valence-electron chi connectivity index (χ1n) is 7.24. The highest BCUT2D eigenvalue weighted by atomic mass is 16.2. The Bertz CT molecular complexity index is 651. The van der Waals surface area contributed by atoms with Crippen LogP contribution in [0.2, 0.25) is 0 Å². The molecule has 20 heavy (non-hydrogen) atoms. The molecule has 1 aliphatic heterocycles. The molecule has 0 spiro atoms. The summed E-state index contributed by atoms with van der Waals surface area (Å²) < 4.78 is 2.02. The van der Waals surface area contributed by atoms with E-state index in [0.717, 1.165) is 18.6 Å². The molecule has 1 aliphatic carbocycles. The molecule has 0 unspecified atom stereocenters. The summed E-state index contributed by atoms with van der Waals surface area (Å²) in [5, 5.41) is 4.38. The predicted molar refractivity (Wildman–Crippen MR) is 78.3 cm³/mol. The number of carbonyl (C=O) groups excluding carboxylic acids is 1. The highest BCUT2D eigenvalue weighted by molar-refractivity contribution is 5.83. The monoisotopic (exact) mass is 269 g/mol. The number of amides is 1. The lowest BCUT2D eigenvalue weighted by atomic mass is 10.2. The molecule has 1 amide bonds. The van der Waals surface area contributed by atoms with Crippen molar-refractivity contribution in [3.8, 4) is 0 Å². The molecular weight excluding hydrogens is 250 g/mol. The molecular formula is C16H19N3O. The number of piperidine rings is 1. The van der Waals surface area contributed by atoms with Crippen LogP contribution < -0.4 is 5.32 Å². The number of benzene rings is 1. The Labute approximate surface area is 118 Å². The van der Waals surface area contributed by atoms with Gasteiger partial charge in [0.25, 0.3) is 0 Å². The lowest BCUT2D eigenvalue weighted by molar-refractivity contribution is -0.121. The number of hydrogen-bond acceptors (Lipinski definition) is 2. The van der Waals surface area contributed by atoms with Crippen LogP contribution in [-0.4, -0.2) is 41.6 Å². The van der Waals surface area contributed by atoms with Crippen molar-refractivity contribution >= 4 is 16.8 Å². The molecule has 0 bridgehead atoms. The van der Waals surface area contributed by atoms with Crippen LogP contribution >= 0.6 is 0 Å². The Morgan fingerprint density at radius 2 is 2.00 bits per heavy atom. The Balaban J connectivity index is 1.41. The lowest BCUT2D eigenvalue weighted by Gasteiger charge is -2.14. The number of rotatable bonds is 3. The maximum Gasteiger partial charge on any atom is 0.240 e. The molecule has 4 nitrogen and oxygen atoms in total. The van der Waals surface area contributed by atoms with E-state index in [2.05, 4.69) is 35.5 Å². The molecule has 4 heteroatoms. The molecule has 1 saturated heterocycles. The average Bonchev–Trinajstić information content (AvgIpc) is 2.81. The summed E-state index contributed by atoms with van der Waals surface area (Å²) in [7, 11) is 2.15. The van der Waals surface area contributed by atoms with Crippen LogP contribution in [-0.2, 0) is 11.3 Å². The van der Waals surface area contributed by atoms with Gasteiger partial charge >= 0.3 is 0 Å². The zero-order valence-corrected chi connectivity index (χ0v) is 11.6. The SMILES string of the molecule is CN1C[C@H]2C(NC(=O)Cn3ccc4ccccc43)[C@@H]2C1. The van der Waals surface area contributed by atoms with E-state index >= 15 is 0 Å². The summed E-state index contributed by atoms with van der Waals surface area (Å²) in [6, 6.07) is 10.6. The first-order valence-corrected chi connectivity index (χ1v) is 7.24. The van der Waals surface area contributed by atoms with E-state index in [4.69, 9.17) is 0 Å². The van der Waals surface area contributed by atoms with Crippen LogP contribution in [0.15, 0.2) is 36.5 Å². The van der Waals surface area contributed by atoms with Gasteiger partial charge in [0.05, 0.1) is 0 Å². The topological polar surface area (TPSA) is 37.3 Å². The van der Waals surface area contributed by atoms with E-state index in [0.29, 0.717) is 24.4 Å². The zero-order chi connectivity index (χ0) is 13.7. The van der Waals surface area contributed by atoms with Crippen LogP contribution in [0.25, 0.3) is 10.9 Å². The minimum Gasteiger partial charge on any atom is -0.351 e. The van der Waals surface area contributed by atoms with Gasteiger partial charge in [0.1, 0.15) is 6.54 Å². The van der Waals surface area contributed by atoms with Crippen molar-refractivity contribution in [2.75, 3.05) is 20.1 Å². The molecule has 2 heterocycles. The number of likely N-dealkylation sites (tertiary alicyclic amines) is 1. The van der Waals surface area contributed by atoms with Crippen molar-refractivity contribution < 1.29 is 4.79 Å². The van der Waals surface area contributed by atoms with Gasteiger partial charge < -0.3 is 14.8 Å². The second-order valence-electron chi connectivity index (χ2n) is 6.14. The summed E-state index contributed by atoms with van der Waals surface area (Å²) in [4.78, 5) is 14.5. The zero-order valence-electron chi connectivity index (χ0n) is 11.6. The number of aromatic nitrogens is 1. The Morgan fingerprint density at radius 1 is 1.25 bits per heavy atom. The normalized spacial score (nSPS) is 28.6. The first-order chi connectivity index (χ1) is 9.72. The molecule has 2 fully saturated rings. The quantitative estimate of drug-likeness (QED) is 0.912. The molecule has 0 radical (unpaired) electrons. The van der Waals surface area contributed by atoms with Gasteiger partial charge in [0.2, 0.25) is 5.91 Å². The molecule has 2 atom stereocenters. The summed E-state index contributed by atoms with van der Waals surface area (Å²) in [6.45, 7) is 2.67. The number of para-hydroxylation sites is 1. The van der Waals surface area contributed by atoms with E-state index < -0.39 is 0 Å². The summed E-state index contributed by atoms with van der Waals surface area (Å²) in [5.41, 5.74) is 1.12. The third-order valence-corrected chi connectivity index (χ3v) is 4.70. The summed E-state index contributed by atoms with van der Waals surface area (Å²) in [5.74, 6) is 1.50. The third kappa shape index (κ3) is 1.91. The average molecular weight is 269 g/mol. The molecule has 2 aliphatic rings. The van der Waals surface area contributed by atoms with Gasteiger partial charge in [-0.2, -0.15) is 0 Å². The van der Waals surface area contributed by atoms with Gasteiger partial charge in [-0.05, 0) is 36.4 Å². The van der Waals surface area contributed by atoms with E-state index in [1.165, 1.54) is 5.39 Å². The van der Waals surface area contributed by atoms with Crippen LogP contribution in [0.4, 0.5) is 0 Å². The second kappa shape index (κ2) is 4.35. The van der Waals surface area contributed by atoms with Crippen LogP contribution in [0.1, 0.15) is 0 Å². The molecule has 1 N–H and O–H groups in total. The van der Waals surface area contributed by atoms with Gasteiger partial charge in [-0.1, -0.05) is 18.2 Å². The fraction of sp³-hybridized carbons (Fsp3) is 0.438. The molecule has 1 saturated carbocycles. The fourth-order valence-electron chi connectivity index (χ4n) is 3.62. The van der Waals surface area contributed by atoms with E-state index in [9.17, 15) is 4.79 Å². The Hall–Kier alpha value is -1.81. The third-order valence-electron chi connectivity index (χ3n) is 4.70. The molecule has 4 rings (SSSR count). The number of nitrogens with one attached hydrogen (secondary N) is 1. The van der Waals surface area contributed by atoms with Gasteiger partial charge in [-0.25, -0.2) is 0 Å². The molecule has 2 aromatic rings. The maximum absolute atomic E-state index is 12.2. The van der Waals surface area contributed by atoms with Crippen LogP contribution in [0.3, 0.4) is 0 Å². The van der Waals surface area contributed by atoms with Gasteiger partial charge in [-0.3, -0.25) is 4.79 Å². The summed E-state index contributed by atoms with van der Waals surface area (Å²) >= 11 is 0. The lowest BCUT2D eigenvalue weighted by Crippen LogP contribution is -2.35. The number of fused-ring (bicyclic) bond motifs is 2. The molecule has 1 aromatic heterocycles. The maximum atomic E-state index is 12.2. The van der Waals surface area contributed by atoms with Gasteiger partial charge in [0, 0.05) is 30.8 Å². The highest BCUT2D eigenvalue weighted by Gasteiger charge is 2.55. The predicted octanol–water partition coefficient (Wildman–Crippen LogP) is 1.32. The van der Waals surface area contributed by atoms with Crippen molar-refractivity contribution in [3.05, 3.63) is 36.5 Å². The van der Waals surface area contributed by atoms with Crippen molar-refractivity contribution in [1.82, 2.24) is 14.8 Å². The number of carbonyl (C=O) groups is 1. The van der Waals surface area contributed by atoms with Crippen molar-refractivity contribution in [2.45, 2.75) is 12.6 Å². The molecule has 1 aromatic carbocycles. The highest BCUT2D eigenvalue weighted by Crippen LogP contribution is 2.44. The number of hydrogen-bond donors (Lipinski definition) is 1. The van der Waals surface area contributed by atoms with Gasteiger partial charge in [0.15, 0.2) is 0 Å². The minimum atomic E-state index is 0.133. The van der Waals surface area contributed by atoms with E-state index in [-0.39, 0.29) is 5.91 Å². The smallest absolute Gasteiger partial charge is 0.240 e. The molecule has 104 valence electrons. The van der Waals surface area contributed by atoms with Crippen molar-refractivity contribution in [2.24, 2.45) is 11.8 Å². The Morgan fingerprint density at radius 3 is 2.80 bits per heavy atom. The van der Waals surface area contributed by atoms with Crippen molar-refractivity contribution in [3.63, 3.8) is 0 Å². The number of nitrogens with zero attached hydrogens (tertiary/aromatic N) is 2. The second-order valence-corrected chi connectivity index (χ2v) is 6.14. The van der Waals surface area contributed by atoms with Crippen LogP contribution in [0, 0.1) is 11.8 Å². The first kappa shape index (κ1) is 12.0.